The molecule has 19 heavy (non-hydrogen) atoms. The van der Waals surface area contributed by atoms with Crippen molar-refractivity contribution in [3.63, 3.8) is 0 Å². The monoisotopic (exact) mass is 288 g/mol. The van der Waals surface area contributed by atoms with Gasteiger partial charge in [-0.1, -0.05) is 0 Å². The van der Waals surface area contributed by atoms with E-state index in [0.717, 1.165) is 6.07 Å². The molecule has 1 saturated heterocycles. The van der Waals surface area contributed by atoms with Gasteiger partial charge in [-0.05, 0) is 32.0 Å². The highest BCUT2D eigenvalue weighted by molar-refractivity contribution is 7.93. The predicted molar refractivity (Wildman–Crippen MR) is 71.4 cm³/mol. The minimum atomic E-state index is -3.47. The SMILES string of the molecule is CCOc1ccc(NS(=O)(=O)C2CCNC2)cc1F. The number of benzene rings is 1. The van der Waals surface area contributed by atoms with Crippen molar-refractivity contribution in [3.05, 3.63) is 24.0 Å². The Hall–Kier alpha value is -1.34. The molecule has 0 spiro atoms. The zero-order valence-corrected chi connectivity index (χ0v) is 11.5. The van der Waals surface area contributed by atoms with Crippen LogP contribution in [0, 0.1) is 5.82 Å². The van der Waals surface area contributed by atoms with Crippen LogP contribution in [0.5, 0.6) is 5.75 Å². The van der Waals surface area contributed by atoms with E-state index in [9.17, 15) is 12.8 Å². The summed E-state index contributed by atoms with van der Waals surface area (Å²) in [5, 5.41) is 2.52. The average molecular weight is 288 g/mol. The summed E-state index contributed by atoms with van der Waals surface area (Å²) in [5.41, 5.74) is 0.216. The first-order chi connectivity index (χ1) is 9.03. The van der Waals surface area contributed by atoms with Crippen LogP contribution >= 0.6 is 0 Å². The molecular formula is C12H17FN2O3S. The second kappa shape index (κ2) is 5.75. The van der Waals surface area contributed by atoms with Gasteiger partial charge in [-0.25, -0.2) is 12.8 Å². The molecule has 0 bridgehead atoms. The van der Waals surface area contributed by atoms with Gasteiger partial charge in [0.25, 0.3) is 0 Å². The number of rotatable bonds is 5. The van der Waals surface area contributed by atoms with E-state index in [1.54, 1.807) is 6.92 Å². The van der Waals surface area contributed by atoms with Crippen LogP contribution in [0.25, 0.3) is 0 Å². The van der Waals surface area contributed by atoms with E-state index in [1.807, 2.05) is 0 Å². The number of hydrogen-bond donors (Lipinski definition) is 2. The lowest BCUT2D eigenvalue weighted by Crippen LogP contribution is -2.29. The van der Waals surface area contributed by atoms with Crippen LogP contribution in [0.1, 0.15) is 13.3 Å². The third kappa shape index (κ3) is 3.36. The molecule has 1 heterocycles. The van der Waals surface area contributed by atoms with Crippen LogP contribution in [0.2, 0.25) is 0 Å². The summed E-state index contributed by atoms with van der Waals surface area (Å²) < 4.78 is 45.1. The zero-order valence-electron chi connectivity index (χ0n) is 10.6. The molecule has 0 saturated carbocycles. The lowest BCUT2D eigenvalue weighted by molar-refractivity contribution is 0.321. The second-order valence-electron chi connectivity index (χ2n) is 4.34. The Morgan fingerprint density at radius 2 is 2.32 bits per heavy atom. The standard InChI is InChI=1S/C12H17FN2O3S/c1-2-18-12-4-3-9(7-11(12)13)15-19(16,17)10-5-6-14-8-10/h3-4,7,10,14-15H,2,5-6,8H2,1H3. The minimum absolute atomic E-state index is 0.119. The Morgan fingerprint density at radius 1 is 1.53 bits per heavy atom. The van der Waals surface area contributed by atoms with E-state index < -0.39 is 21.1 Å². The third-order valence-corrected chi connectivity index (χ3v) is 4.75. The summed E-state index contributed by atoms with van der Waals surface area (Å²) in [7, 11) is -3.47. The molecular weight excluding hydrogens is 271 g/mol. The van der Waals surface area contributed by atoms with Crippen molar-refractivity contribution in [2.24, 2.45) is 0 Å². The van der Waals surface area contributed by atoms with Gasteiger partial charge in [0.05, 0.1) is 17.5 Å². The number of ether oxygens (including phenoxy) is 1. The summed E-state index contributed by atoms with van der Waals surface area (Å²) >= 11 is 0. The first-order valence-corrected chi connectivity index (χ1v) is 7.72. The summed E-state index contributed by atoms with van der Waals surface area (Å²) in [4.78, 5) is 0. The molecule has 5 nitrogen and oxygen atoms in total. The van der Waals surface area contributed by atoms with Crippen molar-refractivity contribution >= 4 is 15.7 Å². The molecule has 1 aromatic rings. The number of anilines is 1. The van der Waals surface area contributed by atoms with Gasteiger partial charge in [0.1, 0.15) is 0 Å². The van der Waals surface area contributed by atoms with Crippen LogP contribution < -0.4 is 14.8 Å². The van der Waals surface area contributed by atoms with Crippen LogP contribution in [0.3, 0.4) is 0 Å². The number of nitrogens with one attached hydrogen (secondary N) is 2. The molecule has 0 amide bonds. The number of sulfonamides is 1. The van der Waals surface area contributed by atoms with Crippen molar-refractivity contribution in [3.8, 4) is 5.75 Å². The number of hydrogen-bond acceptors (Lipinski definition) is 4. The molecule has 0 radical (unpaired) electrons. The molecule has 2 rings (SSSR count). The molecule has 1 aromatic carbocycles. The van der Waals surface area contributed by atoms with E-state index in [-0.39, 0.29) is 11.4 Å². The van der Waals surface area contributed by atoms with Gasteiger partial charge in [0.2, 0.25) is 10.0 Å². The molecule has 0 aliphatic carbocycles. The largest absolute Gasteiger partial charge is 0.491 e. The van der Waals surface area contributed by atoms with Crippen molar-refractivity contribution < 1.29 is 17.5 Å². The normalized spacial score (nSPS) is 19.4. The smallest absolute Gasteiger partial charge is 0.236 e. The van der Waals surface area contributed by atoms with Gasteiger partial charge >= 0.3 is 0 Å². The highest BCUT2D eigenvalue weighted by Gasteiger charge is 2.28. The van der Waals surface area contributed by atoms with Gasteiger partial charge in [0, 0.05) is 12.6 Å². The van der Waals surface area contributed by atoms with Crippen LogP contribution in [-0.4, -0.2) is 33.4 Å². The van der Waals surface area contributed by atoms with E-state index in [2.05, 4.69) is 10.0 Å². The zero-order chi connectivity index (χ0) is 13.9. The first-order valence-electron chi connectivity index (χ1n) is 6.17. The molecule has 0 aromatic heterocycles. The fourth-order valence-corrected chi connectivity index (χ4v) is 3.37. The second-order valence-corrected chi connectivity index (χ2v) is 6.30. The molecule has 106 valence electrons. The molecule has 2 N–H and O–H groups in total. The molecule has 1 unspecified atom stereocenters. The van der Waals surface area contributed by atoms with Crippen LogP contribution in [-0.2, 0) is 10.0 Å². The molecule has 1 fully saturated rings. The van der Waals surface area contributed by atoms with E-state index in [1.165, 1.54) is 12.1 Å². The van der Waals surface area contributed by atoms with Crippen LogP contribution in [0.15, 0.2) is 18.2 Å². The van der Waals surface area contributed by atoms with Gasteiger partial charge in [-0.15, -0.1) is 0 Å². The Labute approximate surface area is 112 Å². The Morgan fingerprint density at radius 3 is 2.89 bits per heavy atom. The van der Waals surface area contributed by atoms with Gasteiger partial charge in [-0.3, -0.25) is 4.72 Å². The fourth-order valence-electron chi connectivity index (χ4n) is 1.98. The lowest BCUT2D eigenvalue weighted by Gasteiger charge is -2.13. The maximum absolute atomic E-state index is 13.6. The van der Waals surface area contributed by atoms with Crippen LogP contribution in [0.4, 0.5) is 10.1 Å². The van der Waals surface area contributed by atoms with Gasteiger partial charge in [0.15, 0.2) is 11.6 Å². The fraction of sp³-hybridized carbons (Fsp3) is 0.500. The van der Waals surface area contributed by atoms with Crippen molar-refractivity contribution in [1.29, 1.82) is 0 Å². The highest BCUT2D eigenvalue weighted by atomic mass is 32.2. The topological polar surface area (TPSA) is 67.4 Å². The predicted octanol–water partition coefficient (Wildman–Crippen LogP) is 1.33. The van der Waals surface area contributed by atoms with Gasteiger partial charge in [-0.2, -0.15) is 0 Å². The summed E-state index contributed by atoms with van der Waals surface area (Å²) in [6, 6.07) is 4.04. The summed E-state index contributed by atoms with van der Waals surface area (Å²) in [6.07, 6.45) is 0.564. The maximum Gasteiger partial charge on any atom is 0.236 e. The highest BCUT2D eigenvalue weighted by Crippen LogP contribution is 2.23. The number of halogens is 1. The Balaban J connectivity index is 2.12. The van der Waals surface area contributed by atoms with Crippen molar-refractivity contribution in [2.75, 3.05) is 24.4 Å². The molecule has 1 aliphatic rings. The molecule has 1 atom stereocenters. The molecule has 1 aliphatic heterocycles. The summed E-state index contributed by atoms with van der Waals surface area (Å²) in [5.74, 6) is -0.459. The Bertz CT molecular complexity index is 542. The lowest BCUT2D eigenvalue weighted by atomic mass is 10.3. The third-order valence-electron chi connectivity index (χ3n) is 2.95. The quantitative estimate of drug-likeness (QED) is 0.857. The average Bonchev–Trinajstić information content (AvgIpc) is 2.87. The minimum Gasteiger partial charge on any atom is -0.491 e. The summed E-state index contributed by atoms with van der Waals surface area (Å²) in [6.45, 7) is 3.22. The van der Waals surface area contributed by atoms with Crippen molar-refractivity contribution in [1.82, 2.24) is 5.32 Å². The van der Waals surface area contributed by atoms with Gasteiger partial charge < -0.3 is 10.1 Å². The van der Waals surface area contributed by atoms with E-state index in [4.69, 9.17) is 4.74 Å². The first kappa shape index (κ1) is 14.1. The molecule has 7 heteroatoms. The Kier molecular flexibility index (Phi) is 4.26. The maximum atomic E-state index is 13.6. The van der Waals surface area contributed by atoms with E-state index >= 15 is 0 Å². The van der Waals surface area contributed by atoms with E-state index in [0.29, 0.717) is 26.1 Å². The van der Waals surface area contributed by atoms with Crippen molar-refractivity contribution in [2.45, 2.75) is 18.6 Å².